The predicted molar refractivity (Wildman–Crippen MR) is 97.7 cm³/mol. The number of sulfone groups is 1. The number of hydrogen-bond acceptors (Lipinski definition) is 5. The number of sulfonamides is 1. The summed E-state index contributed by atoms with van der Waals surface area (Å²) < 4.78 is 48.9. The van der Waals surface area contributed by atoms with Crippen LogP contribution < -0.4 is 4.72 Å². The number of Topliss-reactive ketones (excluding diaryl/α,β-unsaturated/α-hetero) is 1. The first-order chi connectivity index (χ1) is 11.2. The van der Waals surface area contributed by atoms with E-state index in [0.29, 0.717) is 5.56 Å². The van der Waals surface area contributed by atoms with Crippen molar-refractivity contribution in [3.8, 4) is 0 Å². The first-order valence-electron chi connectivity index (χ1n) is 6.83. The summed E-state index contributed by atoms with van der Waals surface area (Å²) in [5.74, 6) is -3.44. The van der Waals surface area contributed by atoms with Gasteiger partial charge in [-0.05, 0) is 24.6 Å². The van der Waals surface area contributed by atoms with Crippen LogP contribution in [-0.4, -0.2) is 44.0 Å². The Hall–Kier alpha value is -0.0900. The Labute approximate surface area is 165 Å². The van der Waals surface area contributed by atoms with Gasteiger partial charge < -0.3 is 0 Å². The van der Waals surface area contributed by atoms with Crippen LogP contribution >= 0.6 is 46.4 Å². The molecule has 0 bridgehead atoms. The second kappa shape index (κ2) is 7.14. The number of halogens is 4. The lowest BCUT2D eigenvalue weighted by Crippen LogP contribution is -2.45. The van der Waals surface area contributed by atoms with E-state index in [0.717, 1.165) is 0 Å². The zero-order valence-corrected chi connectivity index (χ0v) is 17.3. The van der Waals surface area contributed by atoms with Crippen molar-refractivity contribution in [3.05, 3.63) is 28.8 Å². The Morgan fingerprint density at radius 1 is 1.24 bits per heavy atom. The minimum absolute atomic E-state index is 0.121. The Morgan fingerprint density at radius 2 is 1.84 bits per heavy atom. The van der Waals surface area contributed by atoms with E-state index in [2.05, 4.69) is 4.72 Å². The molecule has 0 saturated carbocycles. The van der Waals surface area contributed by atoms with Gasteiger partial charge in [-0.25, -0.2) is 21.6 Å². The van der Waals surface area contributed by atoms with Crippen molar-refractivity contribution in [3.63, 3.8) is 0 Å². The van der Waals surface area contributed by atoms with Crippen LogP contribution in [-0.2, 0) is 24.7 Å². The fraction of sp³-hybridized carbons (Fsp3) is 0.462. The highest BCUT2D eigenvalue weighted by molar-refractivity contribution is 7.92. The molecule has 12 heteroatoms. The smallest absolute Gasteiger partial charge is 0.249 e. The van der Waals surface area contributed by atoms with Crippen LogP contribution in [0.2, 0.25) is 5.02 Å². The second-order valence-corrected chi connectivity index (χ2v) is 12.2. The van der Waals surface area contributed by atoms with Crippen LogP contribution in [0.4, 0.5) is 0 Å². The Balaban J connectivity index is 2.39. The van der Waals surface area contributed by atoms with Crippen molar-refractivity contribution in [2.24, 2.45) is 5.92 Å². The Bertz CT molecular complexity index is 909. The zero-order chi connectivity index (χ0) is 19.2. The maximum Gasteiger partial charge on any atom is 0.249 e. The molecule has 0 spiro atoms. The third-order valence-electron chi connectivity index (χ3n) is 3.72. The average molecular weight is 469 g/mol. The molecular weight excluding hydrogens is 456 g/mol. The van der Waals surface area contributed by atoms with E-state index < -0.39 is 52.9 Å². The van der Waals surface area contributed by atoms with E-state index in [1.807, 2.05) is 0 Å². The first-order valence-corrected chi connectivity index (χ1v) is 11.6. The van der Waals surface area contributed by atoms with E-state index in [1.54, 1.807) is 6.92 Å². The number of ketones is 1. The molecule has 1 saturated heterocycles. The summed E-state index contributed by atoms with van der Waals surface area (Å²) in [6.07, 6.45) is 0. The van der Waals surface area contributed by atoms with Gasteiger partial charge in [0, 0.05) is 11.1 Å². The maximum atomic E-state index is 12.6. The molecular formula is C13H13Cl4NO5S2. The molecule has 1 aliphatic heterocycles. The average Bonchev–Trinajstić information content (AvgIpc) is 2.73. The normalized spacial score (nSPS) is 23.6. The van der Waals surface area contributed by atoms with Gasteiger partial charge in [-0.1, -0.05) is 52.5 Å². The fourth-order valence-electron chi connectivity index (χ4n) is 2.56. The van der Waals surface area contributed by atoms with Crippen LogP contribution in [0.15, 0.2) is 23.1 Å². The molecule has 1 aliphatic rings. The summed E-state index contributed by atoms with van der Waals surface area (Å²) in [5, 5.41) is 0.193. The monoisotopic (exact) mass is 467 g/mol. The minimum atomic E-state index is -4.14. The number of rotatable bonds is 4. The molecule has 2 rings (SSSR count). The molecule has 25 heavy (non-hydrogen) atoms. The molecule has 6 nitrogen and oxygen atoms in total. The van der Waals surface area contributed by atoms with Crippen molar-refractivity contribution >= 4 is 72.0 Å². The number of carbonyl (C=O) groups excluding carboxylic acids is 1. The summed E-state index contributed by atoms with van der Waals surface area (Å²) in [6, 6.07) is 3.02. The van der Waals surface area contributed by atoms with Gasteiger partial charge in [0.1, 0.15) is 0 Å². The highest BCUT2D eigenvalue weighted by Crippen LogP contribution is 2.35. The SMILES string of the molecule is Cc1ccc(Cl)cc1S(=O)(=O)N[C@@H]1CS(=O)(=O)C[C@H]1C(=O)C(Cl)(Cl)Cl. The molecule has 2 atom stereocenters. The van der Waals surface area contributed by atoms with Gasteiger partial charge in [0.15, 0.2) is 15.6 Å². The van der Waals surface area contributed by atoms with Crippen molar-refractivity contribution in [2.75, 3.05) is 11.5 Å². The van der Waals surface area contributed by atoms with Crippen LogP contribution in [0.25, 0.3) is 0 Å². The maximum absolute atomic E-state index is 12.6. The van der Waals surface area contributed by atoms with Crippen molar-refractivity contribution < 1.29 is 21.6 Å². The molecule has 0 radical (unpaired) electrons. The highest BCUT2D eigenvalue weighted by Gasteiger charge is 2.49. The summed E-state index contributed by atoms with van der Waals surface area (Å²) in [5.41, 5.74) is 0.405. The number of aryl methyl sites for hydroxylation is 1. The van der Waals surface area contributed by atoms with Crippen LogP contribution in [0.5, 0.6) is 0 Å². The lowest BCUT2D eigenvalue weighted by molar-refractivity contribution is -0.121. The molecule has 1 aromatic rings. The summed E-state index contributed by atoms with van der Waals surface area (Å²) in [7, 11) is -7.81. The Morgan fingerprint density at radius 3 is 2.40 bits per heavy atom. The van der Waals surface area contributed by atoms with Gasteiger partial charge in [-0.2, -0.15) is 0 Å². The van der Waals surface area contributed by atoms with Crippen molar-refractivity contribution in [2.45, 2.75) is 21.7 Å². The molecule has 0 aromatic heterocycles. The topological polar surface area (TPSA) is 97.4 Å². The first kappa shape index (κ1) is 21.2. The third kappa shape index (κ3) is 5.00. The van der Waals surface area contributed by atoms with E-state index in [4.69, 9.17) is 46.4 Å². The molecule has 0 amide bonds. The predicted octanol–water partition coefficient (Wildman–Crippen LogP) is 2.28. The molecule has 0 unspecified atom stereocenters. The Kier molecular flexibility index (Phi) is 6.06. The summed E-state index contributed by atoms with van der Waals surface area (Å²) in [6.45, 7) is 1.56. The molecule has 1 N–H and O–H groups in total. The molecule has 1 fully saturated rings. The number of benzene rings is 1. The summed E-state index contributed by atoms with van der Waals surface area (Å²) >= 11 is 22.5. The lowest BCUT2D eigenvalue weighted by atomic mass is 10.0. The minimum Gasteiger partial charge on any atom is -0.294 e. The lowest BCUT2D eigenvalue weighted by Gasteiger charge is -2.22. The molecule has 1 heterocycles. The standard InChI is InChI=1S/C13H13Cl4NO5S2/c1-7-2-3-8(14)4-11(7)25(22,23)18-10-6-24(20,21)5-9(10)12(19)13(15,16)17/h2-4,9-10,18H,5-6H2,1H3/t9-,10-/m1/s1. The molecule has 140 valence electrons. The second-order valence-electron chi connectivity index (χ2n) is 5.68. The fourth-order valence-corrected chi connectivity index (χ4v) is 6.80. The van der Waals surface area contributed by atoms with E-state index in [1.165, 1.54) is 18.2 Å². The van der Waals surface area contributed by atoms with Gasteiger partial charge in [0.25, 0.3) is 0 Å². The van der Waals surface area contributed by atoms with Gasteiger partial charge in [-0.15, -0.1) is 0 Å². The van der Waals surface area contributed by atoms with E-state index in [-0.39, 0.29) is 9.92 Å². The van der Waals surface area contributed by atoms with Crippen LogP contribution in [0, 0.1) is 12.8 Å². The van der Waals surface area contributed by atoms with Crippen molar-refractivity contribution in [1.29, 1.82) is 0 Å². The van der Waals surface area contributed by atoms with Gasteiger partial charge in [0.05, 0.1) is 22.3 Å². The van der Waals surface area contributed by atoms with Gasteiger partial charge >= 0.3 is 0 Å². The van der Waals surface area contributed by atoms with Gasteiger partial charge in [-0.3, -0.25) is 4.79 Å². The number of alkyl halides is 3. The van der Waals surface area contributed by atoms with Crippen molar-refractivity contribution in [1.82, 2.24) is 4.72 Å². The third-order valence-corrected chi connectivity index (χ3v) is 7.87. The highest BCUT2D eigenvalue weighted by atomic mass is 35.6. The number of hydrogen-bond donors (Lipinski definition) is 1. The van der Waals surface area contributed by atoms with Gasteiger partial charge in [0.2, 0.25) is 13.8 Å². The molecule has 1 aromatic carbocycles. The van der Waals surface area contributed by atoms with Crippen LogP contribution in [0.1, 0.15) is 5.56 Å². The zero-order valence-electron chi connectivity index (χ0n) is 12.7. The van der Waals surface area contributed by atoms with Crippen LogP contribution in [0.3, 0.4) is 0 Å². The van der Waals surface area contributed by atoms with E-state index >= 15 is 0 Å². The molecule has 0 aliphatic carbocycles. The quantitative estimate of drug-likeness (QED) is 0.683. The largest absolute Gasteiger partial charge is 0.294 e. The number of nitrogens with one attached hydrogen (secondary N) is 1. The van der Waals surface area contributed by atoms with E-state index in [9.17, 15) is 21.6 Å². The summed E-state index contributed by atoms with van der Waals surface area (Å²) in [4.78, 5) is 12.1. The number of carbonyl (C=O) groups is 1.